The smallest absolute Gasteiger partial charge is 0.257 e. The van der Waals surface area contributed by atoms with Gasteiger partial charge in [0.2, 0.25) is 11.8 Å². The van der Waals surface area contributed by atoms with E-state index in [2.05, 4.69) is 34.2 Å². The van der Waals surface area contributed by atoms with Crippen LogP contribution in [0.3, 0.4) is 0 Å². The Kier molecular flexibility index (Phi) is 6.43. The fourth-order valence-corrected chi connectivity index (χ4v) is 3.59. The number of hydrogen-bond donors (Lipinski definition) is 1. The molecule has 2 aromatic rings. The SMILES string of the molecule is CC(=O)N(CCc1noc(CC(C)C)n1)C1CCCN(C(=O)c2cn[nH]c2)C1. The first-order valence-corrected chi connectivity index (χ1v) is 9.80. The van der Waals surface area contributed by atoms with Crippen molar-refractivity contribution in [3.8, 4) is 0 Å². The van der Waals surface area contributed by atoms with E-state index in [1.807, 2.05) is 4.90 Å². The van der Waals surface area contributed by atoms with Crippen molar-refractivity contribution in [2.45, 2.75) is 52.5 Å². The maximum Gasteiger partial charge on any atom is 0.257 e. The van der Waals surface area contributed by atoms with E-state index in [0.717, 1.165) is 19.3 Å². The molecule has 9 nitrogen and oxygen atoms in total. The lowest BCUT2D eigenvalue weighted by atomic mass is 10.0. The molecule has 0 saturated carbocycles. The summed E-state index contributed by atoms with van der Waals surface area (Å²) in [5, 5.41) is 10.5. The van der Waals surface area contributed by atoms with Crippen LogP contribution in [0.4, 0.5) is 0 Å². The Balaban J connectivity index is 1.60. The van der Waals surface area contributed by atoms with E-state index in [0.29, 0.717) is 49.3 Å². The second-order valence-electron chi connectivity index (χ2n) is 7.70. The van der Waals surface area contributed by atoms with Gasteiger partial charge in [-0.15, -0.1) is 0 Å². The highest BCUT2D eigenvalue weighted by molar-refractivity contribution is 5.93. The molecule has 1 N–H and O–H groups in total. The van der Waals surface area contributed by atoms with Crippen molar-refractivity contribution < 1.29 is 14.1 Å². The number of carbonyl (C=O) groups is 2. The molecule has 3 rings (SSSR count). The standard InChI is InChI=1S/C19H28N6O3/c1-13(2)9-18-22-17(23-28-18)6-8-25(14(3)26)16-5-4-7-24(12-16)19(27)15-10-20-21-11-15/h10-11,13,16H,4-9,12H2,1-3H3,(H,20,21). The van der Waals surface area contributed by atoms with Crippen LogP contribution in [0.2, 0.25) is 0 Å². The Hall–Kier alpha value is -2.71. The van der Waals surface area contributed by atoms with Gasteiger partial charge in [0.25, 0.3) is 5.91 Å². The highest BCUT2D eigenvalue weighted by Gasteiger charge is 2.30. The van der Waals surface area contributed by atoms with Crippen molar-refractivity contribution in [2.75, 3.05) is 19.6 Å². The maximum atomic E-state index is 12.6. The minimum absolute atomic E-state index is 0.00601. The number of nitrogens with one attached hydrogen (secondary N) is 1. The molecule has 1 fully saturated rings. The van der Waals surface area contributed by atoms with Gasteiger partial charge in [0, 0.05) is 51.6 Å². The minimum Gasteiger partial charge on any atom is -0.339 e. The van der Waals surface area contributed by atoms with Gasteiger partial charge in [-0.1, -0.05) is 19.0 Å². The Morgan fingerprint density at radius 1 is 1.43 bits per heavy atom. The summed E-state index contributed by atoms with van der Waals surface area (Å²) in [6.45, 7) is 7.48. The van der Waals surface area contributed by atoms with Crippen LogP contribution < -0.4 is 0 Å². The van der Waals surface area contributed by atoms with Crippen molar-refractivity contribution in [3.05, 3.63) is 29.7 Å². The van der Waals surface area contributed by atoms with Crippen LogP contribution in [0.25, 0.3) is 0 Å². The molecule has 0 radical (unpaired) electrons. The molecule has 0 aromatic carbocycles. The average Bonchev–Trinajstić information content (AvgIpc) is 3.33. The van der Waals surface area contributed by atoms with Crippen LogP contribution in [-0.4, -0.2) is 67.6 Å². The van der Waals surface area contributed by atoms with Crippen LogP contribution in [0.1, 0.15) is 55.7 Å². The average molecular weight is 388 g/mol. The lowest BCUT2D eigenvalue weighted by Crippen LogP contribution is -2.51. The van der Waals surface area contributed by atoms with E-state index in [-0.39, 0.29) is 17.9 Å². The summed E-state index contributed by atoms with van der Waals surface area (Å²) in [4.78, 5) is 32.9. The first kappa shape index (κ1) is 20.0. The molecule has 1 aliphatic rings. The first-order valence-electron chi connectivity index (χ1n) is 9.80. The number of rotatable bonds is 7. The number of likely N-dealkylation sites (tertiary alicyclic amines) is 1. The zero-order valence-corrected chi connectivity index (χ0v) is 16.7. The topological polar surface area (TPSA) is 108 Å². The molecular formula is C19H28N6O3. The summed E-state index contributed by atoms with van der Waals surface area (Å²) in [6, 6.07) is -0.0101. The molecule has 0 bridgehead atoms. The lowest BCUT2D eigenvalue weighted by Gasteiger charge is -2.39. The highest BCUT2D eigenvalue weighted by atomic mass is 16.5. The van der Waals surface area contributed by atoms with Gasteiger partial charge < -0.3 is 14.3 Å². The Bertz CT molecular complexity index is 785. The molecule has 2 aromatic heterocycles. The summed E-state index contributed by atoms with van der Waals surface area (Å²) in [6.07, 6.45) is 6.14. The van der Waals surface area contributed by atoms with Gasteiger partial charge >= 0.3 is 0 Å². The number of H-pyrrole nitrogens is 1. The van der Waals surface area contributed by atoms with E-state index in [4.69, 9.17) is 4.52 Å². The van der Waals surface area contributed by atoms with Crippen molar-refractivity contribution in [1.82, 2.24) is 30.1 Å². The fourth-order valence-electron chi connectivity index (χ4n) is 3.59. The van der Waals surface area contributed by atoms with Gasteiger partial charge in [-0.2, -0.15) is 10.1 Å². The van der Waals surface area contributed by atoms with E-state index in [1.54, 1.807) is 18.0 Å². The highest BCUT2D eigenvalue weighted by Crippen LogP contribution is 2.19. The van der Waals surface area contributed by atoms with Crippen LogP contribution in [0.15, 0.2) is 16.9 Å². The summed E-state index contributed by atoms with van der Waals surface area (Å²) in [5.41, 5.74) is 0.541. The molecule has 1 unspecified atom stereocenters. The lowest BCUT2D eigenvalue weighted by molar-refractivity contribution is -0.132. The number of nitrogens with zero attached hydrogens (tertiary/aromatic N) is 5. The zero-order chi connectivity index (χ0) is 20.1. The van der Waals surface area contributed by atoms with Crippen LogP contribution in [0, 0.1) is 5.92 Å². The number of hydrogen-bond acceptors (Lipinski definition) is 6. The number of amides is 2. The minimum atomic E-state index is -0.0570. The Morgan fingerprint density at radius 2 is 2.25 bits per heavy atom. The third-order valence-corrected chi connectivity index (χ3v) is 4.94. The van der Waals surface area contributed by atoms with Gasteiger partial charge in [0.15, 0.2) is 5.82 Å². The van der Waals surface area contributed by atoms with Gasteiger partial charge in [0.1, 0.15) is 0 Å². The quantitative estimate of drug-likeness (QED) is 0.773. The van der Waals surface area contributed by atoms with E-state index < -0.39 is 0 Å². The molecule has 1 aliphatic heterocycles. The van der Waals surface area contributed by atoms with Crippen LogP contribution in [0.5, 0.6) is 0 Å². The second kappa shape index (κ2) is 8.99. The molecular weight excluding hydrogens is 360 g/mol. The summed E-state index contributed by atoms with van der Waals surface area (Å²) in [5.74, 6) is 1.63. The van der Waals surface area contributed by atoms with Crippen molar-refractivity contribution >= 4 is 11.8 Å². The summed E-state index contributed by atoms with van der Waals surface area (Å²) >= 11 is 0. The molecule has 0 spiro atoms. The molecule has 3 heterocycles. The maximum absolute atomic E-state index is 12.6. The van der Waals surface area contributed by atoms with E-state index in [9.17, 15) is 9.59 Å². The largest absolute Gasteiger partial charge is 0.339 e. The number of aromatic nitrogens is 4. The van der Waals surface area contributed by atoms with E-state index in [1.165, 1.54) is 6.20 Å². The van der Waals surface area contributed by atoms with Crippen LogP contribution in [-0.2, 0) is 17.6 Å². The Labute approximate surface area is 164 Å². The monoisotopic (exact) mass is 388 g/mol. The van der Waals surface area contributed by atoms with Gasteiger partial charge in [-0.3, -0.25) is 14.7 Å². The molecule has 2 amide bonds. The third kappa shape index (κ3) is 4.96. The van der Waals surface area contributed by atoms with Gasteiger partial charge in [0.05, 0.1) is 11.8 Å². The van der Waals surface area contributed by atoms with Gasteiger partial charge in [-0.05, 0) is 18.8 Å². The predicted molar refractivity (Wildman–Crippen MR) is 101 cm³/mol. The third-order valence-electron chi connectivity index (χ3n) is 4.94. The molecule has 28 heavy (non-hydrogen) atoms. The number of piperidine rings is 1. The van der Waals surface area contributed by atoms with Crippen LogP contribution >= 0.6 is 0 Å². The summed E-state index contributed by atoms with van der Waals surface area (Å²) in [7, 11) is 0. The van der Waals surface area contributed by atoms with Crippen molar-refractivity contribution in [2.24, 2.45) is 5.92 Å². The van der Waals surface area contributed by atoms with Crippen molar-refractivity contribution in [3.63, 3.8) is 0 Å². The molecule has 1 atom stereocenters. The summed E-state index contributed by atoms with van der Waals surface area (Å²) < 4.78 is 5.28. The fraction of sp³-hybridized carbons (Fsp3) is 0.632. The van der Waals surface area contributed by atoms with Crippen molar-refractivity contribution in [1.29, 1.82) is 0 Å². The number of carbonyl (C=O) groups excluding carboxylic acids is 2. The molecule has 9 heteroatoms. The normalized spacial score (nSPS) is 17.1. The predicted octanol–water partition coefficient (Wildman–Crippen LogP) is 1.69. The van der Waals surface area contributed by atoms with E-state index >= 15 is 0 Å². The number of aromatic amines is 1. The molecule has 152 valence electrons. The molecule has 1 saturated heterocycles. The second-order valence-corrected chi connectivity index (χ2v) is 7.70. The first-order chi connectivity index (χ1) is 13.4. The van der Waals surface area contributed by atoms with Gasteiger partial charge in [-0.25, -0.2) is 0 Å². The zero-order valence-electron chi connectivity index (χ0n) is 16.7. The Morgan fingerprint density at radius 3 is 2.93 bits per heavy atom. The molecule has 0 aliphatic carbocycles.